The Balaban J connectivity index is 1.64. The number of carbonyl (C=O) groups excluding carboxylic acids is 1. The summed E-state index contributed by atoms with van der Waals surface area (Å²) in [4.78, 5) is 11.9. The quantitative estimate of drug-likeness (QED) is 0.803. The number of nitrogens with two attached hydrogens (primary N) is 1. The van der Waals surface area contributed by atoms with Crippen molar-refractivity contribution in [1.29, 1.82) is 0 Å². The Morgan fingerprint density at radius 3 is 2.67 bits per heavy atom. The topological polar surface area (TPSA) is 55.1 Å². The summed E-state index contributed by atoms with van der Waals surface area (Å²) >= 11 is 0. The summed E-state index contributed by atoms with van der Waals surface area (Å²) in [5.74, 6) is 0.104. The highest BCUT2D eigenvalue weighted by molar-refractivity contribution is 5.95. The number of anilines is 1. The van der Waals surface area contributed by atoms with Crippen LogP contribution in [0.5, 0.6) is 0 Å². The van der Waals surface area contributed by atoms with Crippen molar-refractivity contribution in [3.8, 4) is 0 Å². The largest absolute Gasteiger partial charge is 0.399 e. The van der Waals surface area contributed by atoms with E-state index >= 15 is 0 Å². The molecule has 0 spiro atoms. The Labute approximate surface area is 106 Å². The smallest absolute Gasteiger partial charge is 0.251 e. The molecular formula is C14H17FN2O. The minimum Gasteiger partial charge on any atom is -0.399 e. The molecule has 3 nitrogen and oxygen atoms in total. The van der Waals surface area contributed by atoms with E-state index in [0.29, 0.717) is 17.5 Å². The van der Waals surface area contributed by atoms with Crippen molar-refractivity contribution in [3.63, 3.8) is 0 Å². The van der Waals surface area contributed by atoms with Gasteiger partial charge in [-0.1, -0.05) is 0 Å². The monoisotopic (exact) mass is 248 g/mol. The lowest BCUT2D eigenvalue weighted by atomic mass is 10.0. The number of rotatable bonds is 4. The van der Waals surface area contributed by atoms with Crippen molar-refractivity contribution in [2.45, 2.75) is 25.7 Å². The molecule has 3 rings (SSSR count). The number of hydrogen-bond donors (Lipinski definition) is 2. The number of halogens is 1. The minimum absolute atomic E-state index is 0.229. The first-order chi connectivity index (χ1) is 8.59. The van der Waals surface area contributed by atoms with Gasteiger partial charge in [-0.3, -0.25) is 4.79 Å². The number of benzene rings is 1. The predicted octanol–water partition coefficient (Wildman–Crippen LogP) is 2.33. The zero-order chi connectivity index (χ0) is 12.8. The lowest BCUT2D eigenvalue weighted by molar-refractivity contribution is 0.0942. The van der Waals surface area contributed by atoms with Crippen molar-refractivity contribution < 1.29 is 9.18 Å². The van der Waals surface area contributed by atoms with E-state index in [9.17, 15) is 9.18 Å². The fraction of sp³-hybridized carbons (Fsp3) is 0.500. The van der Waals surface area contributed by atoms with Gasteiger partial charge in [-0.15, -0.1) is 0 Å². The summed E-state index contributed by atoms with van der Waals surface area (Å²) in [5, 5.41) is 2.92. The van der Waals surface area contributed by atoms with Crippen LogP contribution in [0.15, 0.2) is 18.2 Å². The molecule has 2 fully saturated rings. The molecule has 96 valence electrons. The summed E-state index contributed by atoms with van der Waals surface area (Å²) in [6, 6.07) is 3.95. The molecule has 0 radical (unpaired) electrons. The van der Waals surface area contributed by atoms with Crippen LogP contribution in [0, 0.1) is 17.2 Å². The van der Waals surface area contributed by atoms with E-state index < -0.39 is 5.82 Å². The number of hydrogen-bond acceptors (Lipinski definition) is 2. The highest BCUT2D eigenvalue weighted by Crippen LogP contribution is 2.60. The van der Waals surface area contributed by atoms with Gasteiger partial charge in [0.2, 0.25) is 0 Å². The van der Waals surface area contributed by atoms with Gasteiger partial charge in [0, 0.05) is 17.8 Å². The second-order valence-corrected chi connectivity index (χ2v) is 5.59. The third-order valence-electron chi connectivity index (χ3n) is 4.12. The van der Waals surface area contributed by atoms with Gasteiger partial charge in [0.25, 0.3) is 5.91 Å². The molecule has 2 aliphatic rings. The van der Waals surface area contributed by atoms with Gasteiger partial charge in [0.1, 0.15) is 5.82 Å². The number of amides is 1. The number of carbonyl (C=O) groups is 1. The van der Waals surface area contributed by atoms with Crippen LogP contribution in [-0.2, 0) is 0 Å². The molecule has 0 atom stereocenters. The van der Waals surface area contributed by atoms with Gasteiger partial charge in [0.05, 0.1) is 0 Å². The van der Waals surface area contributed by atoms with Crippen LogP contribution in [0.1, 0.15) is 36.0 Å². The van der Waals surface area contributed by atoms with Gasteiger partial charge in [0.15, 0.2) is 0 Å². The van der Waals surface area contributed by atoms with E-state index in [-0.39, 0.29) is 11.6 Å². The van der Waals surface area contributed by atoms with Crippen LogP contribution in [0.25, 0.3) is 0 Å². The summed E-state index contributed by atoms with van der Waals surface area (Å²) in [6.07, 6.45) is 5.01. The van der Waals surface area contributed by atoms with E-state index in [0.717, 1.165) is 5.92 Å². The first-order valence-electron chi connectivity index (χ1n) is 6.43. The molecular weight excluding hydrogens is 231 g/mol. The zero-order valence-electron chi connectivity index (χ0n) is 10.2. The van der Waals surface area contributed by atoms with Crippen LogP contribution in [0.2, 0.25) is 0 Å². The van der Waals surface area contributed by atoms with Gasteiger partial charge in [-0.25, -0.2) is 4.39 Å². The molecule has 1 aromatic rings. The molecule has 1 aromatic carbocycles. The molecule has 1 amide bonds. The second-order valence-electron chi connectivity index (χ2n) is 5.59. The molecule has 2 aliphatic carbocycles. The zero-order valence-corrected chi connectivity index (χ0v) is 10.2. The average molecular weight is 248 g/mol. The summed E-state index contributed by atoms with van der Waals surface area (Å²) < 4.78 is 13.2. The highest BCUT2D eigenvalue weighted by atomic mass is 19.1. The van der Waals surface area contributed by atoms with Crippen LogP contribution >= 0.6 is 0 Å². The van der Waals surface area contributed by atoms with Crippen LogP contribution < -0.4 is 11.1 Å². The molecule has 4 heteroatoms. The highest BCUT2D eigenvalue weighted by Gasteiger charge is 2.53. The normalized spacial score (nSPS) is 20.5. The Morgan fingerprint density at radius 1 is 1.39 bits per heavy atom. The number of nitrogen functional groups attached to an aromatic ring is 1. The SMILES string of the molecule is Nc1cc(F)cc(C(=O)NCC2(C3CC3)CC2)c1. The molecule has 0 saturated heterocycles. The van der Waals surface area contributed by atoms with Crippen molar-refractivity contribution in [1.82, 2.24) is 5.32 Å². The molecule has 0 unspecified atom stereocenters. The molecule has 2 saturated carbocycles. The van der Waals surface area contributed by atoms with Gasteiger partial charge >= 0.3 is 0 Å². The van der Waals surface area contributed by atoms with Crippen molar-refractivity contribution in [2.75, 3.05) is 12.3 Å². The van der Waals surface area contributed by atoms with Crippen molar-refractivity contribution in [2.24, 2.45) is 11.3 Å². The standard InChI is InChI=1S/C14H17FN2O/c15-11-5-9(6-12(16)7-11)13(18)17-8-14(3-4-14)10-1-2-10/h5-7,10H,1-4,8,16H2,(H,17,18). The second kappa shape index (κ2) is 3.97. The molecule has 0 aromatic heterocycles. The van der Waals surface area contributed by atoms with Crippen molar-refractivity contribution >= 4 is 11.6 Å². The summed E-state index contributed by atoms with van der Waals surface area (Å²) in [5.41, 5.74) is 6.47. The van der Waals surface area contributed by atoms with Gasteiger partial charge in [-0.2, -0.15) is 0 Å². The fourth-order valence-corrected chi connectivity index (χ4v) is 2.69. The maximum Gasteiger partial charge on any atom is 0.251 e. The molecule has 0 aliphatic heterocycles. The predicted molar refractivity (Wildman–Crippen MR) is 67.5 cm³/mol. The first kappa shape index (κ1) is 11.5. The van der Waals surface area contributed by atoms with Crippen molar-refractivity contribution in [3.05, 3.63) is 29.6 Å². The number of nitrogens with one attached hydrogen (secondary N) is 1. The van der Waals surface area contributed by atoms with Gasteiger partial charge in [-0.05, 0) is 55.2 Å². The molecule has 0 heterocycles. The van der Waals surface area contributed by atoms with E-state index in [1.54, 1.807) is 0 Å². The Bertz CT molecular complexity index is 472. The van der Waals surface area contributed by atoms with E-state index in [1.165, 1.54) is 43.9 Å². The average Bonchev–Trinajstić information content (AvgIpc) is 3.15. The Kier molecular flexibility index (Phi) is 2.54. The molecule has 3 N–H and O–H groups in total. The first-order valence-corrected chi connectivity index (χ1v) is 6.43. The third-order valence-corrected chi connectivity index (χ3v) is 4.12. The summed E-state index contributed by atoms with van der Waals surface area (Å²) in [7, 11) is 0. The molecule has 18 heavy (non-hydrogen) atoms. The van der Waals surface area contributed by atoms with Crippen LogP contribution in [0.3, 0.4) is 0 Å². The van der Waals surface area contributed by atoms with E-state index in [2.05, 4.69) is 5.32 Å². The maximum absolute atomic E-state index is 13.2. The lowest BCUT2D eigenvalue weighted by Gasteiger charge is -2.15. The van der Waals surface area contributed by atoms with Crippen LogP contribution in [-0.4, -0.2) is 12.5 Å². The van der Waals surface area contributed by atoms with Crippen LogP contribution in [0.4, 0.5) is 10.1 Å². The minimum atomic E-state index is -0.469. The van der Waals surface area contributed by atoms with E-state index in [1.807, 2.05) is 0 Å². The summed E-state index contributed by atoms with van der Waals surface area (Å²) in [6.45, 7) is 0.715. The van der Waals surface area contributed by atoms with Gasteiger partial charge < -0.3 is 11.1 Å². The van der Waals surface area contributed by atoms with E-state index in [4.69, 9.17) is 5.73 Å². The Hall–Kier alpha value is -1.58. The Morgan fingerprint density at radius 2 is 2.11 bits per heavy atom. The lowest BCUT2D eigenvalue weighted by Crippen LogP contribution is -2.31. The maximum atomic E-state index is 13.2. The third kappa shape index (κ3) is 2.19. The fourth-order valence-electron chi connectivity index (χ4n) is 2.69. The molecule has 0 bridgehead atoms.